The zero-order valence-corrected chi connectivity index (χ0v) is 9.20. The quantitative estimate of drug-likeness (QED) is 0.752. The van der Waals surface area contributed by atoms with Gasteiger partial charge in [-0.15, -0.1) is 0 Å². The van der Waals surface area contributed by atoms with Gasteiger partial charge in [0.1, 0.15) is 6.04 Å². The zero-order valence-electron chi connectivity index (χ0n) is 9.20. The normalized spacial score (nSPS) is 29.0. The van der Waals surface area contributed by atoms with E-state index in [1.54, 1.807) is 0 Å². The van der Waals surface area contributed by atoms with Gasteiger partial charge in [-0.05, 0) is 38.3 Å². The first-order valence-corrected chi connectivity index (χ1v) is 5.62. The van der Waals surface area contributed by atoms with Gasteiger partial charge in [0.25, 0.3) is 0 Å². The molecule has 0 spiro atoms. The van der Waals surface area contributed by atoms with Crippen molar-refractivity contribution in [3.05, 3.63) is 0 Å². The van der Waals surface area contributed by atoms with Crippen molar-refractivity contribution in [2.45, 2.75) is 45.6 Å². The lowest BCUT2D eigenvalue weighted by molar-refractivity contribution is -0.145. The predicted octanol–water partition coefficient (Wildman–Crippen LogP) is 1.97. The summed E-state index contributed by atoms with van der Waals surface area (Å²) in [6.07, 6.45) is 4.21. The molecule has 0 radical (unpaired) electrons. The van der Waals surface area contributed by atoms with Crippen LogP contribution in [0.5, 0.6) is 0 Å². The van der Waals surface area contributed by atoms with Crippen LogP contribution in [0.15, 0.2) is 0 Å². The number of unbranched alkanes of at least 4 members (excludes halogenated alkanes) is 1. The van der Waals surface area contributed by atoms with E-state index in [0.717, 1.165) is 38.8 Å². The number of hydrogen-bond donors (Lipinski definition) is 1. The maximum absolute atomic E-state index is 11.0. The minimum absolute atomic E-state index is 0.231. The summed E-state index contributed by atoms with van der Waals surface area (Å²) >= 11 is 0. The minimum Gasteiger partial charge on any atom is -0.480 e. The van der Waals surface area contributed by atoms with Gasteiger partial charge in [0, 0.05) is 0 Å². The van der Waals surface area contributed by atoms with Crippen LogP contribution in [0.1, 0.15) is 39.5 Å². The lowest BCUT2D eigenvalue weighted by atomic mass is 9.92. The third kappa shape index (κ3) is 2.98. The lowest BCUT2D eigenvalue weighted by Gasteiger charge is -2.35. The van der Waals surface area contributed by atoms with Crippen molar-refractivity contribution in [1.29, 1.82) is 0 Å². The first kappa shape index (κ1) is 11.5. The maximum Gasteiger partial charge on any atom is 0.320 e. The summed E-state index contributed by atoms with van der Waals surface area (Å²) in [5, 5.41) is 9.08. The van der Waals surface area contributed by atoms with Crippen LogP contribution in [0.2, 0.25) is 0 Å². The summed E-state index contributed by atoms with van der Waals surface area (Å²) in [5.41, 5.74) is 0. The number of carbonyl (C=O) groups is 1. The largest absolute Gasteiger partial charge is 0.480 e. The molecule has 0 saturated carbocycles. The fourth-order valence-corrected chi connectivity index (χ4v) is 2.08. The second-order valence-corrected chi connectivity index (χ2v) is 4.37. The number of aliphatic carboxylic acids is 1. The lowest BCUT2D eigenvalue weighted by Crippen LogP contribution is -2.47. The molecular formula is C11H21NO2. The highest BCUT2D eigenvalue weighted by Gasteiger charge is 2.30. The molecule has 3 heteroatoms. The molecule has 0 amide bonds. The molecule has 2 atom stereocenters. The van der Waals surface area contributed by atoms with E-state index in [9.17, 15) is 4.79 Å². The number of hydrogen-bond acceptors (Lipinski definition) is 2. The van der Waals surface area contributed by atoms with E-state index >= 15 is 0 Å². The second kappa shape index (κ2) is 5.35. The Balaban J connectivity index is 2.49. The van der Waals surface area contributed by atoms with Gasteiger partial charge in [-0.25, -0.2) is 0 Å². The van der Waals surface area contributed by atoms with E-state index in [-0.39, 0.29) is 6.04 Å². The predicted molar refractivity (Wildman–Crippen MR) is 56.3 cm³/mol. The van der Waals surface area contributed by atoms with Crippen molar-refractivity contribution in [1.82, 2.24) is 4.90 Å². The Morgan fingerprint density at radius 1 is 1.57 bits per heavy atom. The van der Waals surface area contributed by atoms with Crippen molar-refractivity contribution < 1.29 is 9.90 Å². The van der Waals surface area contributed by atoms with Gasteiger partial charge < -0.3 is 5.11 Å². The summed E-state index contributed by atoms with van der Waals surface area (Å²) < 4.78 is 0. The van der Waals surface area contributed by atoms with E-state index in [1.165, 1.54) is 0 Å². The van der Waals surface area contributed by atoms with Crippen LogP contribution in [0.3, 0.4) is 0 Å². The fourth-order valence-electron chi connectivity index (χ4n) is 2.08. The van der Waals surface area contributed by atoms with E-state index in [0.29, 0.717) is 5.92 Å². The van der Waals surface area contributed by atoms with Gasteiger partial charge in [0.15, 0.2) is 0 Å². The van der Waals surface area contributed by atoms with Crippen LogP contribution in [-0.2, 0) is 4.79 Å². The molecule has 0 bridgehead atoms. The number of piperidine rings is 1. The Morgan fingerprint density at radius 3 is 2.86 bits per heavy atom. The molecule has 1 heterocycles. The van der Waals surface area contributed by atoms with E-state index < -0.39 is 5.97 Å². The number of likely N-dealkylation sites (tertiary alicyclic amines) is 1. The summed E-state index contributed by atoms with van der Waals surface area (Å²) in [4.78, 5) is 13.2. The Morgan fingerprint density at radius 2 is 2.29 bits per heavy atom. The van der Waals surface area contributed by atoms with Crippen LogP contribution >= 0.6 is 0 Å². The first-order valence-electron chi connectivity index (χ1n) is 5.62. The molecule has 2 unspecified atom stereocenters. The van der Waals surface area contributed by atoms with Crippen molar-refractivity contribution in [3.63, 3.8) is 0 Å². The molecule has 14 heavy (non-hydrogen) atoms. The van der Waals surface area contributed by atoms with Crippen LogP contribution in [-0.4, -0.2) is 35.1 Å². The minimum atomic E-state index is -0.646. The summed E-state index contributed by atoms with van der Waals surface area (Å²) in [6.45, 7) is 6.19. The number of carboxylic acids is 1. The topological polar surface area (TPSA) is 40.5 Å². The molecule has 0 aliphatic carbocycles. The van der Waals surface area contributed by atoms with Crippen LogP contribution in [0, 0.1) is 5.92 Å². The third-order valence-electron chi connectivity index (χ3n) is 3.06. The van der Waals surface area contributed by atoms with Gasteiger partial charge >= 0.3 is 5.97 Å². The van der Waals surface area contributed by atoms with Gasteiger partial charge in [0.05, 0.1) is 0 Å². The molecule has 0 aromatic heterocycles. The number of rotatable bonds is 4. The highest BCUT2D eigenvalue weighted by Crippen LogP contribution is 2.22. The number of carboxylic acid groups (broad SMARTS) is 1. The highest BCUT2D eigenvalue weighted by atomic mass is 16.4. The fraction of sp³-hybridized carbons (Fsp3) is 0.909. The average molecular weight is 199 g/mol. The van der Waals surface area contributed by atoms with Crippen LogP contribution < -0.4 is 0 Å². The summed E-state index contributed by atoms with van der Waals surface area (Å²) in [7, 11) is 0. The van der Waals surface area contributed by atoms with Crippen molar-refractivity contribution in [3.8, 4) is 0 Å². The van der Waals surface area contributed by atoms with E-state index in [1.807, 2.05) is 0 Å². The maximum atomic E-state index is 11.0. The molecule has 1 N–H and O–H groups in total. The van der Waals surface area contributed by atoms with Crippen LogP contribution in [0.25, 0.3) is 0 Å². The Labute approximate surface area is 86.1 Å². The molecule has 1 aliphatic rings. The SMILES string of the molecule is CCCCN1CCC(C)CC1C(=O)O. The average Bonchev–Trinajstić information content (AvgIpc) is 2.15. The van der Waals surface area contributed by atoms with Crippen molar-refractivity contribution in [2.24, 2.45) is 5.92 Å². The monoisotopic (exact) mass is 199 g/mol. The standard InChI is InChI=1S/C11H21NO2/c1-3-4-6-12-7-5-9(2)8-10(12)11(13)14/h9-10H,3-8H2,1-2H3,(H,13,14). The molecule has 0 aromatic carbocycles. The molecule has 1 saturated heterocycles. The van der Waals surface area contributed by atoms with Gasteiger partial charge in [-0.3, -0.25) is 9.69 Å². The van der Waals surface area contributed by atoms with Gasteiger partial charge in [-0.1, -0.05) is 20.3 Å². The molecular weight excluding hydrogens is 178 g/mol. The Bertz CT molecular complexity index is 192. The second-order valence-electron chi connectivity index (χ2n) is 4.37. The summed E-state index contributed by atoms with van der Waals surface area (Å²) in [5.74, 6) is -0.0818. The highest BCUT2D eigenvalue weighted by molar-refractivity contribution is 5.73. The van der Waals surface area contributed by atoms with E-state index in [4.69, 9.17) is 5.11 Å². The number of nitrogens with zero attached hydrogens (tertiary/aromatic N) is 1. The molecule has 3 nitrogen and oxygen atoms in total. The molecule has 0 aromatic rings. The third-order valence-corrected chi connectivity index (χ3v) is 3.06. The zero-order chi connectivity index (χ0) is 10.6. The van der Waals surface area contributed by atoms with Crippen molar-refractivity contribution in [2.75, 3.05) is 13.1 Å². The van der Waals surface area contributed by atoms with Gasteiger partial charge in [-0.2, -0.15) is 0 Å². The molecule has 1 fully saturated rings. The Hall–Kier alpha value is -0.570. The van der Waals surface area contributed by atoms with Gasteiger partial charge in [0.2, 0.25) is 0 Å². The molecule has 1 aliphatic heterocycles. The molecule has 82 valence electrons. The van der Waals surface area contributed by atoms with E-state index in [2.05, 4.69) is 18.7 Å². The smallest absolute Gasteiger partial charge is 0.320 e. The van der Waals surface area contributed by atoms with Crippen molar-refractivity contribution >= 4 is 5.97 Å². The summed E-state index contributed by atoms with van der Waals surface area (Å²) in [6, 6.07) is -0.231. The Kier molecular flexibility index (Phi) is 4.39. The molecule has 1 rings (SSSR count). The van der Waals surface area contributed by atoms with Crippen LogP contribution in [0.4, 0.5) is 0 Å². The first-order chi connectivity index (χ1) is 6.65.